The van der Waals surface area contributed by atoms with Gasteiger partial charge < -0.3 is 24.3 Å². The van der Waals surface area contributed by atoms with Gasteiger partial charge in [-0.2, -0.15) is 0 Å². The molecule has 0 bridgehead atoms. The van der Waals surface area contributed by atoms with Crippen molar-refractivity contribution in [2.45, 2.75) is 45.3 Å². The van der Waals surface area contributed by atoms with E-state index >= 15 is 0 Å². The quantitative estimate of drug-likeness (QED) is 0.480. The van der Waals surface area contributed by atoms with Crippen LogP contribution in [0, 0.1) is 0 Å². The minimum atomic E-state index is -0.0686. The predicted octanol–water partition coefficient (Wildman–Crippen LogP) is 5.82. The molecule has 1 unspecified atom stereocenters. The molecule has 1 aliphatic rings. The Kier molecular flexibility index (Phi) is 7.03. The van der Waals surface area contributed by atoms with Gasteiger partial charge in [-0.05, 0) is 52.8 Å². The van der Waals surface area contributed by atoms with Gasteiger partial charge in [0.1, 0.15) is 18.1 Å². The van der Waals surface area contributed by atoms with Gasteiger partial charge in [-0.1, -0.05) is 51.1 Å². The van der Waals surface area contributed by atoms with Crippen molar-refractivity contribution < 1.29 is 18.9 Å². The van der Waals surface area contributed by atoms with E-state index < -0.39 is 0 Å². The van der Waals surface area contributed by atoms with Crippen molar-refractivity contribution >= 4 is 0 Å². The molecule has 0 spiro atoms. The van der Waals surface area contributed by atoms with E-state index in [4.69, 9.17) is 18.9 Å². The Morgan fingerprint density at radius 3 is 2.12 bits per heavy atom. The summed E-state index contributed by atoms with van der Waals surface area (Å²) in [5.74, 6) is 3.20. The van der Waals surface area contributed by atoms with Gasteiger partial charge in [0.05, 0.1) is 27.4 Å². The van der Waals surface area contributed by atoms with Gasteiger partial charge in [0, 0.05) is 17.7 Å². The van der Waals surface area contributed by atoms with Crippen molar-refractivity contribution in [3.05, 3.63) is 82.4 Å². The smallest absolute Gasteiger partial charge is 0.162 e. The Bertz CT molecular complexity index is 1140. The molecule has 3 aromatic carbocycles. The number of rotatable bonds is 7. The van der Waals surface area contributed by atoms with Crippen LogP contribution < -0.4 is 24.3 Å². The fourth-order valence-corrected chi connectivity index (χ4v) is 4.58. The second-order valence-electron chi connectivity index (χ2n) is 9.66. The number of nitrogens with one attached hydrogen (secondary N) is 1. The lowest BCUT2D eigenvalue weighted by atomic mass is 9.83. The summed E-state index contributed by atoms with van der Waals surface area (Å²) < 4.78 is 23.6. The fourth-order valence-electron chi connectivity index (χ4n) is 4.58. The SMILES string of the molecule is COc1cc2c(cc1OCc1ccccc1)C(c1cc(OC)c(C(C)(C)C)cc1OC)NCC2. The first-order chi connectivity index (χ1) is 16.4. The van der Waals surface area contributed by atoms with E-state index in [2.05, 4.69) is 62.5 Å². The summed E-state index contributed by atoms with van der Waals surface area (Å²) in [6.45, 7) is 7.88. The molecule has 3 aromatic rings. The summed E-state index contributed by atoms with van der Waals surface area (Å²) in [4.78, 5) is 0. The maximum Gasteiger partial charge on any atom is 0.162 e. The minimum absolute atomic E-state index is 0.0494. The van der Waals surface area contributed by atoms with Crippen LogP contribution in [0.25, 0.3) is 0 Å². The highest BCUT2D eigenvalue weighted by Crippen LogP contribution is 2.44. The van der Waals surface area contributed by atoms with Gasteiger partial charge in [-0.25, -0.2) is 0 Å². The van der Waals surface area contributed by atoms with Crippen LogP contribution in [0.4, 0.5) is 0 Å². The first kappa shape index (κ1) is 24.0. The molecule has 0 aliphatic carbocycles. The standard InChI is InChI=1S/C29H35NO4/c1-29(2,3)23-17-24(31-4)22(16-25(23)32-5)28-21-15-27(34-18-19-10-8-7-9-11-19)26(33-6)14-20(21)12-13-30-28/h7-11,14-17,28,30H,12-13,18H2,1-6H3. The summed E-state index contributed by atoms with van der Waals surface area (Å²) in [7, 11) is 5.14. The van der Waals surface area contributed by atoms with Crippen LogP contribution in [0.1, 0.15) is 54.6 Å². The molecule has 0 radical (unpaired) electrons. The van der Waals surface area contributed by atoms with Crippen LogP contribution in [0.3, 0.4) is 0 Å². The molecule has 0 saturated heterocycles. The lowest BCUT2D eigenvalue weighted by Gasteiger charge is -2.31. The summed E-state index contributed by atoms with van der Waals surface area (Å²) >= 11 is 0. The van der Waals surface area contributed by atoms with Gasteiger partial charge in [-0.15, -0.1) is 0 Å². The molecule has 1 N–H and O–H groups in total. The van der Waals surface area contributed by atoms with E-state index in [0.29, 0.717) is 6.61 Å². The summed E-state index contributed by atoms with van der Waals surface area (Å²) in [6, 6.07) is 18.5. The minimum Gasteiger partial charge on any atom is -0.496 e. The molecule has 5 heteroatoms. The van der Waals surface area contributed by atoms with Crippen LogP contribution in [0.5, 0.6) is 23.0 Å². The Morgan fingerprint density at radius 2 is 1.47 bits per heavy atom. The molecular weight excluding hydrogens is 426 g/mol. The van der Waals surface area contributed by atoms with Crippen molar-refractivity contribution in [1.29, 1.82) is 0 Å². The highest BCUT2D eigenvalue weighted by Gasteiger charge is 2.29. The molecule has 5 nitrogen and oxygen atoms in total. The summed E-state index contributed by atoms with van der Waals surface area (Å²) in [5, 5.41) is 3.68. The van der Waals surface area contributed by atoms with E-state index in [-0.39, 0.29) is 11.5 Å². The monoisotopic (exact) mass is 461 g/mol. The normalized spacial score (nSPS) is 15.4. The number of fused-ring (bicyclic) bond motifs is 1. The van der Waals surface area contributed by atoms with Crippen molar-refractivity contribution in [2.75, 3.05) is 27.9 Å². The van der Waals surface area contributed by atoms with E-state index in [1.165, 1.54) is 11.1 Å². The lowest BCUT2D eigenvalue weighted by molar-refractivity contribution is 0.283. The van der Waals surface area contributed by atoms with Gasteiger partial charge >= 0.3 is 0 Å². The third kappa shape index (κ3) is 4.85. The lowest BCUT2D eigenvalue weighted by Crippen LogP contribution is -2.31. The fraction of sp³-hybridized carbons (Fsp3) is 0.379. The predicted molar refractivity (Wildman–Crippen MR) is 136 cm³/mol. The molecule has 1 atom stereocenters. The molecular formula is C29H35NO4. The van der Waals surface area contributed by atoms with Crippen LogP contribution in [0.2, 0.25) is 0 Å². The van der Waals surface area contributed by atoms with Crippen LogP contribution in [0.15, 0.2) is 54.6 Å². The molecule has 0 amide bonds. The largest absolute Gasteiger partial charge is 0.496 e. The molecule has 0 aromatic heterocycles. The highest BCUT2D eigenvalue weighted by molar-refractivity contribution is 5.56. The third-order valence-corrected chi connectivity index (χ3v) is 6.39. The Hall–Kier alpha value is -3.18. The van der Waals surface area contributed by atoms with Gasteiger partial charge in [0.2, 0.25) is 0 Å². The van der Waals surface area contributed by atoms with Crippen molar-refractivity contribution in [3.8, 4) is 23.0 Å². The Morgan fingerprint density at radius 1 is 0.794 bits per heavy atom. The van der Waals surface area contributed by atoms with Crippen LogP contribution >= 0.6 is 0 Å². The Balaban J connectivity index is 1.76. The number of hydrogen-bond donors (Lipinski definition) is 1. The summed E-state index contributed by atoms with van der Waals surface area (Å²) in [6.07, 6.45) is 0.917. The van der Waals surface area contributed by atoms with Crippen LogP contribution in [-0.4, -0.2) is 27.9 Å². The first-order valence-electron chi connectivity index (χ1n) is 11.7. The molecule has 180 valence electrons. The van der Waals surface area contributed by atoms with Crippen molar-refractivity contribution in [2.24, 2.45) is 0 Å². The van der Waals surface area contributed by atoms with Gasteiger partial charge in [0.25, 0.3) is 0 Å². The number of hydrogen-bond acceptors (Lipinski definition) is 5. The molecule has 1 heterocycles. The zero-order valence-corrected chi connectivity index (χ0v) is 21.0. The number of ether oxygens (including phenoxy) is 4. The van der Waals surface area contributed by atoms with Gasteiger partial charge in [-0.3, -0.25) is 0 Å². The topological polar surface area (TPSA) is 49.0 Å². The van der Waals surface area contributed by atoms with Crippen LogP contribution in [-0.2, 0) is 18.4 Å². The van der Waals surface area contributed by atoms with Crippen molar-refractivity contribution in [3.63, 3.8) is 0 Å². The zero-order chi connectivity index (χ0) is 24.3. The van der Waals surface area contributed by atoms with E-state index in [1.54, 1.807) is 21.3 Å². The van der Waals surface area contributed by atoms with Crippen molar-refractivity contribution in [1.82, 2.24) is 5.32 Å². The van der Waals surface area contributed by atoms with E-state index in [9.17, 15) is 0 Å². The molecule has 1 aliphatic heterocycles. The summed E-state index contributed by atoms with van der Waals surface area (Å²) in [5.41, 5.74) is 5.62. The zero-order valence-electron chi connectivity index (χ0n) is 21.0. The average Bonchev–Trinajstić information content (AvgIpc) is 2.85. The third-order valence-electron chi connectivity index (χ3n) is 6.39. The Labute approximate surface area is 203 Å². The molecule has 4 rings (SSSR count). The second kappa shape index (κ2) is 9.98. The highest BCUT2D eigenvalue weighted by atomic mass is 16.5. The molecule has 0 fully saturated rings. The van der Waals surface area contributed by atoms with E-state index in [0.717, 1.165) is 52.7 Å². The maximum atomic E-state index is 6.22. The van der Waals surface area contributed by atoms with E-state index in [1.807, 2.05) is 18.2 Å². The maximum absolute atomic E-state index is 6.22. The average molecular weight is 462 g/mol. The first-order valence-corrected chi connectivity index (χ1v) is 11.7. The van der Waals surface area contributed by atoms with Gasteiger partial charge in [0.15, 0.2) is 11.5 Å². The molecule has 34 heavy (non-hydrogen) atoms. The second-order valence-corrected chi connectivity index (χ2v) is 9.66. The number of benzene rings is 3. The number of methoxy groups -OCH3 is 3. The molecule has 0 saturated carbocycles.